The molecule has 0 atom stereocenters. The van der Waals surface area contributed by atoms with Gasteiger partial charge in [0.05, 0.1) is 27.4 Å². The van der Waals surface area contributed by atoms with Crippen molar-refractivity contribution in [2.24, 2.45) is 5.92 Å². The van der Waals surface area contributed by atoms with Gasteiger partial charge in [0.1, 0.15) is 0 Å². The molecule has 7 heteroatoms. The molecule has 0 unspecified atom stereocenters. The number of hydrogen-bond acceptors (Lipinski definition) is 5. The molecular formula is C18H26N2O5. The molecule has 0 aromatic heterocycles. The Morgan fingerprint density at radius 1 is 1.16 bits per heavy atom. The van der Waals surface area contributed by atoms with E-state index >= 15 is 0 Å². The molecular weight excluding hydrogens is 324 g/mol. The molecule has 2 fully saturated rings. The monoisotopic (exact) mass is 350 g/mol. The van der Waals surface area contributed by atoms with Crippen LogP contribution < -0.4 is 14.8 Å². The van der Waals surface area contributed by atoms with Gasteiger partial charge in [-0.05, 0) is 30.5 Å². The zero-order chi connectivity index (χ0) is 17.6. The Kier molecular flexibility index (Phi) is 5.99. The van der Waals surface area contributed by atoms with E-state index < -0.39 is 0 Å². The highest BCUT2D eigenvalue weighted by Gasteiger charge is 2.31. The summed E-state index contributed by atoms with van der Waals surface area (Å²) in [6, 6.07) is 5.59. The van der Waals surface area contributed by atoms with Gasteiger partial charge in [-0.2, -0.15) is 0 Å². The van der Waals surface area contributed by atoms with Gasteiger partial charge in [0, 0.05) is 25.6 Å². The minimum atomic E-state index is -0.0861. The van der Waals surface area contributed by atoms with Gasteiger partial charge in [-0.3, -0.25) is 0 Å². The van der Waals surface area contributed by atoms with E-state index in [1.165, 1.54) is 0 Å². The zero-order valence-electron chi connectivity index (χ0n) is 14.8. The van der Waals surface area contributed by atoms with Crippen LogP contribution in [0.15, 0.2) is 18.2 Å². The van der Waals surface area contributed by atoms with Crippen LogP contribution in [0.25, 0.3) is 0 Å². The molecule has 0 saturated carbocycles. The molecule has 0 bridgehead atoms. The predicted octanol–water partition coefficient (Wildman–Crippen LogP) is 2.00. The second-order valence-electron chi connectivity index (χ2n) is 6.28. The fourth-order valence-electron chi connectivity index (χ4n) is 3.30. The van der Waals surface area contributed by atoms with Crippen LogP contribution in [0.5, 0.6) is 11.5 Å². The number of carbonyl (C=O) groups excluding carboxylic acids is 1. The molecule has 0 radical (unpaired) electrons. The fraction of sp³-hybridized carbons (Fsp3) is 0.611. The van der Waals surface area contributed by atoms with Crippen molar-refractivity contribution < 1.29 is 23.7 Å². The second-order valence-corrected chi connectivity index (χ2v) is 6.28. The molecule has 0 aliphatic carbocycles. The van der Waals surface area contributed by atoms with Crippen LogP contribution in [0.2, 0.25) is 0 Å². The van der Waals surface area contributed by atoms with E-state index in [9.17, 15) is 4.79 Å². The number of urea groups is 1. The molecule has 3 rings (SSSR count). The number of nitrogens with one attached hydrogen (secondary N) is 1. The molecule has 1 N–H and O–H groups in total. The third kappa shape index (κ3) is 4.35. The van der Waals surface area contributed by atoms with Gasteiger partial charge in [-0.1, -0.05) is 6.07 Å². The average Bonchev–Trinajstić information content (AvgIpc) is 3.20. The van der Waals surface area contributed by atoms with Gasteiger partial charge in [-0.15, -0.1) is 0 Å². The van der Waals surface area contributed by atoms with Gasteiger partial charge in [0.2, 0.25) is 0 Å². The number of methoxy groups -OCH3 is 2. The Balaban J connectivity index is 1.46. The molecule has 7 nitrogen and oxygen atoms in total. The molecule has 2 aliphatic rings. The second kappa shape index (κ2) is 8.40. The first-order valence-electron chi connectivity index (χ1n) is 8.68. The first-order valence-corrected chi connectivity index (χ1v) is 8.68. The lowest BCUT2D eigenvalue weighted by molar-refractivity contribution is -0.0952. The Hall–Kier alpha value is -1.99. The molecule has 0 spiro atoms. The van der Waals surface area contributed by atoms with Crippen molar-refractivity contribution in [3.8, 4) is 11.5 Å². The third-order valence-electron chi connectivity index (χ3n) is 4.75. The summed E-state index contributed by atoms with van der Waals surface area (Å²) in [7, 11) is 3.20. The van der Waals surface area contributed by atoms with Crippen LogP contribution in [-0.2, 0) is 16.0 Å². The maximum atomic E-state index is 12.4. The molecule has 2 amide bonds. The van der Waals surface area contributed by atoms with Crippen LogP contribution >= 0.6 is 0 Å². The lowest BCUT2D eigenvalue weighted by Crippen LogP contribution is -2.45. The van der Waals surface area contributed by atoms with Crippen molar-refractivity contribution in [1.29, 1.82) is 0 Å². The van der Waals surface area contributed by atoms with Crippen LogP contribution in [0, 0.1) is 5.92 Å². The maximum absolute atomic E-state index is 12.4. The average molecular weight is 350 g/mol. The van der Waals surface area contributed by atoms with E-state index in [-0.39, 0.29) is 12.3 Å². The summed E-state index contributed by atoms with van der Waals surface area (Å²) in [5.41, 5.74) is 0.966. The summed E-state index contributed by atoms with van der Waals surface area (Å²) < 4.78 is 21.7. The number of rotatable bonds is 5. The van der Waals surface area contributed by atoms with Crippen LogP contribution in [0.1, 0.15) is 18.4 Å². The third-order valence-corrected chi connectivity index (χ3v) is 4.75. The van der Waals surface area contributed by atoms with E-state index in [0.29, 0.717) is 37.2 Å². The molecule has 2 aliphatic heterocycles. The van der Waals surface area contributed by atoms with Crippen LogP contribution in [-0.4, -0.2) is 57.7 Å². The minimum Gasteiger partial charge on any atom is -0.493 e. The Bertz CT molecular complexity index is 581. The number of amides is 2. The number of likely N-dealkylation sites (tertiary alicyclic amines) is 1. The van der Waals surface area contributed by atoms with Crippen molar-refractivity contribution >= 4 is 6.03 Å². The van der Waals surface area contributed by atoms with Crippen LogP contribution in [0.3, 0.4) is 0 Å². The van der Waals surface area contributed by atoms with E-state index in [2.05, 4.69) is 5.32 Å². The predicted molar refractivity (Wildman–Crippen MR) is 91.8 cm³/mol. The smallest absolute Gasteiger partial charge is 0.317 e. The highest BCUT2D eigenvalue weighted by molar-refractivity contribution is 5.74. The number of carbonyl (C=O) groups is 1. The largest absolute Gasteiger partial charge is 0.493 e. The molecule has 2 heterocycles. The zero-order valence-corrected chi connectivity index (χ0v) is 14.8. The van der Waals surface area contributed by atoms with Crippen molar-refractivity contribution in [2.45, 2.75) is 25.7 Å². The van der Waals surface area contributed by atoms with Crippen molar-refractivity contribution in [1.82, 2.24) is 10.2 Å². The maximum Gasteiger partial charge on any atom is 0.317 e. The van der Waals surface area contributed by atoms with E-state index in [0.717, 1.165) is 31.5 Å². The number of piperidine rings is 1. The van der Waals surface area contributed by atoms with E-state index in [1.54, 1.807) is 14.2 Å². The van der Waals surface area contributed by atoms with Gasteiger partial charge in [0.25, 0.3) is 0 Å². The first-order chi connectivity index (χ1) is 12.2. The number of hydrogen-bond donors (Lipinski definition) is 1. The number of nitrogens with zero attached hydrogens (tertiary/aromatic N) is 1. The Morgan fingerprint density at radius 3 is 2.48 bits per heavy atom. The summed E-state index contributed by atoms with van der Waals surface area (Å²) in [5.74, 6) is 1.72. The molecule has 1 aromatic rings. The Labute approximate surface area is 148 Å². The molecule has 25 heavy (non-hydrogen) atoms. The summed E-state index contributed by atoms with van der Waals surface area (Å²) >= 11 is 0. The number of benzene rings is 1. The van der Waals surface area contributed by atoms with Gasteiger partial charge >= 0.3 is 6.03 Å². The van der Waals surface area contributed by atoms with Gasteiger partial charge in [0.15, 0.2) is 17.8 Å². The van der Waals surface area contributed by atoms with Crippen molar-refractivity contribution in [3.63, 3.8) is 0 Å². The summed E-state index contributed by atoms with van der Waals surface area (Å²) in [6.07, 6.45) is 1.74. The SMILES string of the molecule is COc1ccc(CNC(=O)N2CCC(C3OCCO3)CC2)cc1OC. The lowest BCUT2D eigenvalue weighted by Gasteiger charge is -2.33. The molecule has 1 aromatic carbocycles. The highest BCUT2D eigenvalue weighted by atomic mass is 16.7. The van der Waals surface area contributed by atoms with Crippen molar-refractivity contribution in [3.05, 3.63) is 23.8 Å². The topological polar surface area (TPSA) is 69.3 Å². The highest BCUT2D eigenvalue weighted by Crippen LogP contribution is 2.28. The summed E-state index contributed by atoms with van der Waals surface area (Å²) in [6.45, 7) is 3.26. The van der Waals surface area contributed by atoms with Gasteiger partial charge in [-0.25, -0.2) is 4.79 Å². The lowest BCUT2D eigenvalue weighted by atomic mass is 9.96. The summed E-state index contributed by atoms with van der Waals surface area (Å²) in [5, 5.41) is 2.97. The first kappa shape index (κ1) is 17.8. The van der Waals surface area contributed by atoms with E-state index in [1.807, 2.05) is 23.1 Å². The fourth-order valence-corrected chi connectivity index (χ4v) is 3.30. The van der Waals surface area contributed by atoms with E-state index in [4.69, 9.17) is 18.9 Å². The quantitative estimate of drug-likeness (QED) is 0.880. The van der Waals surface area contributed by atoms with Crippen molar-refractivity contribution in [2.75, 3.05) is 40.5 Å². The van der Waals surface area contributed by atoms with Gasteiger partial charge < -0.3 is 29.2 Å². The Morgan fingerprint density at radius 2 is 1.84 bits per heavy atom. The summed E-state index contributed by atoms with van der Waals surface area (Å²) in [4.78, 5) is 14.2. The molecule has 138 valence electrons. The molecule has 2 saturated heterocycles. The number of ether oxygens (including phenoxy) is 4. The van der Waals surface area contributed by atoms with Crippen LogP contribution in [0.4, 0.5) is 4.79 Å². The normalized spacial score (nSPS) is 19.0. The minimum absolute atomic E-state index is 0.0403. The standard InChI is InChI=1S/C18H26N2O5/c1-22-15-4-3-13(11-16(15)23-2)12-19-18(21)20-7-5-14(6-8-20)17-24-9-10-25-17/h3-4,11,14,17H,5-10,12H2,1-2H3,(H,19,21).